The number of hydrogen-bond donors (Lipinski definition) is 0. The average Bonchev–Trinajstić information content (AvgIpc) is 3.85. The van der Waals surface area contributed by atoms with Gasteiger partial charge in [0.05, 0.1) is 18.3 Å². The molecule has 0 aromatic heterocycles. The van der Waals surface area contributed by atoms with Crippen molar-refractivity contribution >= 4 is 11.9 Å². The van der Waals surface area contributed by atoms with E-state index in [1.54, 1.807) is 36.4 Å². The van der Waals surface area contributed by atoms with Gasteiger partial charge in [-0.2, -0.15) is 0 Å². The number of unbranched alkanes of at least 4 members (excludes halogenated alkanes) is 11. The first-order chi connectivity index (χ1) is 22.1. The van der Waals surface area contributed by atoms with Crippen LogP contribution in [0.4, 0.5) is 0 Å². The average molecular weight is 615 g/mol. The molecule has 0 saturated carbocycles. The maximum absolute atomic E-state index is 12.7. The highest BCUT2D eigenvalue weighted by Gasteiger charge is 2.45. The summed E-state index contributed by atoms with van der Waals surface area (Å²) >= 11 is 0. The number of rotatable bonds is 21. The fraction of sp³-hybridized carbons (Fsp3) is 0.487. The molecule has 0 radical (unpaired) electrons. The minimum Gasteiger partial charge on any atom is -0.494 e. The summed E-state index contributed by atoms with van der Waals surface area (Å²) in [7, 11) is 0. The zero-order valence-corrected chi connectivity index (χ0v) is 27.1. The van der Waals surface area contributed by atoms with Crippen LogP contribution in [0.25, 0.3) is 11.1 Å². The number of benzene rings is 3. The van der Waals surface area contributed by atoms with Gasteiger partial charge in [-0.15, -0.1) is 0 Å². The second kappa shape index (κ2) is 19.0. The van der Waals surface area contributed by atoms with Crippen LogP contribution in [0, 0.1) is 0 Å². The van der Waals surface area contributed by atoms with E-state index < -0.39 is 12.1 Å². The maximum atomic E-state index is 12.7. The molecule has 1 saturated heterocycles. The fourth-order valence-electron chi connectivity index (χ4n) is 5.40. The van der Waals surface area contributed by atoms with E-state index in [1.807, 2.05) is 36.4 Å². The Morgan fingerprint density at radius 3 is 1.67 bits per heavy atom. The Labute approximate surface area is 269 Å². The van der Waals surface area contributed by atoms with Gasteiger partial charge in [0, 0.05) is 0 Å². The Balaban J connectivity index is 1.15. The molecule has 4 rings (SSSR count). The van der Waals surface area contributed by atoms with Crippen molar-refractivity contribution in [2.45, 2.75) is 116 Å². The summed E-state index contributed by atoms with van der Waals surface area (Å²) in [5.41, 5.74) is 2.50. The summed E-state index contributed by atoms with van der Waals surface area (Å²) in [5, 5.41) is 0. The first-order valence-corrected chi connectivity index (χ1v) is 17.1. The van der Waals surface area contributed by atoms with Gasteiger partial charge >= 0.3 is 11.9 Å². The van der Waals surface area contributed by atoms with Crippen LogP contribution in [0.5, 0.6) is 17.2 Å². The summed E-state index contributed by atoms with van der Waals surface area (Å²) in [6.45, 7) is 5.20. The van der Waals surface area contributed by atoms with Crippen molar-refractivity contribution in [1.82, 2.24) is 0 Å². The van der Waals surface area contributed by atoms with Gasteiger partial charge in [-0.25, -0.2) is 9.59 Å². The molecule has 1 heterocycles. The standard InChI is InChI=1S/C39H50O6/c1-3-5-7-9-11-12-14-16-36-37(45-36)39(41)44-35-27-25-34(26-28-35)43-38(40)32-19-17-30(18-20-32)31-21-23-33(24-22-31)42-29-15-13-10-8-6-4-2/h17-28,36-37H,3-16,29H2,1-2H3/t36-,37+/m0/s1. The van der Waals surface area contributed by atoms with E-state index in [1.165, 1.54) is 70.6 Å². The second-order valence-corrected chi connectivity index (χ2v) is 12.0. The number of ether oxygens (including phenoxy) is 4. The van der Waals surface area contributed by atoms with Gasteiger partial charge < -0.3 is 18.9 Å². The van der Waals surface area contributed by atoms with Crippen LogP contribution < -0.4 is 14.2 Å². The predicted molar refractivity (Wildman–Crippen MR) is 179 cm³/mol. The molecule has 3 aromatic carbocycles. The number of esters is 2. The lowest BCUT2D eigenvalue weighted by Gasteiger charge is -2.09. The minimum atomic E-state index is -0.480. The lowest BCUT2D eigenvalue weighted by molar-refractivity contribution is -0.135. The quantitative estimate of drug-likeness (QED) is 0.0514. The van der Waals surface area contributed by atoms with Gasteiger partial charge in [0.15, 0.2) is 6.10 Å². The van der Waals surface area contributed by atoms with Crippen molar-refractivity contribution < 1.29 is 28.5 Å². The first-order valence-electron chi connectivity index (χ1n) is 17.1. The Morgan fingerprint density at radius 1 is 0.578 bits per heavy atom. The Hall–Kier alpha value is -3.64. The first kappa shape index (κ1) is 34.2. The highest BCUT2D eigenvalue weighted by atomic mass is 16.6. The van der Waals surface area contributed by atoms with E-state index >= 15 is 0 Å². The van der Waals surface area contributed by atoms with Crippen LogP contribution in [-0.4, -0.2) is 30.8 Å². The molecule has 0 unspecified atom stereocenters. The van der Waals surface area contributed by atoms with Crippen molar-refractivity contribution in [2.75, 3.05) is 6.61 Å². The highest BCUT2D eigenvalue weighted by Crippen LogP contribution is 2.30. The van der Waals surface area contributed by atoms with E-state index in [-0.39, 0.29) is 12.1 Å². The molecule has 45 heavy (non-hydrogen) atoms. The van der Waals surface area contributed by atoms with Crippen LogP contribution in [0.3, 0.4) is 0 Å². The summed E-state index contributed by atoms with van der Waals surface area (Å²) < 4.78 is 22.4. The molecular formula is C39H50O6. The Morgan fingerprint density at radius 2 is 1.07 bits per heavy atom. The van der Waals surface area contributed by atoms with Crippen molar-refractivity contribution in [3.8, 4) is 28.4 Å². The molecule has 2 atom stereocenters. The van der Waals surface area contributed by atoms with Gasteiger partial charge in [-0.1, -0.05) is 115 Å². The van der Waals surface area contributed by atoms with Gasteiger partial charge in [0.25, 0.3) is 0 Å². The molecule has 1 aliphatic rings. The smallest absolute Gasteiger partial charge is 0.343 e. The van der Waals surface area contributed by atoms with Crippen molar-refractivity contribution in [2.24, 2.45) is 0 Å². The Kier molecular flexibility index (Phi) is 14.5. The molecule has 242 valence electrons. The third kappa shape index (κ3) is 12.0. The highest BCUT2D eigenvalue weighted by molar-refractivity contribution is 5.91. The third-order valence-corrected chi connectivity index (χ3v) is 8.23. The van der Waals surface area contributed by atoms with E-state index in [0.29, 0.717) is 17.1 Å². The number of epoxide rings is 1. The van der Waals surface area contributed by atoms with Crippen LogP contribution >= 0.6 is 0 Å². The summed E-state index contributed by atoms with van der Waals surface area (Å²) in [6.07, 6.45) is 16.5. The molecule has 0 N–H and O–H groups in total. The predicted octanol–water partition coefficient (Wildman–Crippen LogP) is 10.1. The minimum absolute atomic E-state index is 0.0344. The van der Waals surface area contributed by atoms with Crippen LogP contribution in [-0.2, 0) is 9.53 Å². The van der Waals surface area contributed by atoms with Crippen LogP contribution in [0.2, 0.25) is 0 Å². The molecule has 1 fully saturated rings. The molecular weight excluding hydrogens is 564 g/mol. The zero-order valence-electron chi connectivity index (χ0n) is 27.1. The molecule has 1 aliphatic heterocycles. The largest absolute Gasteiger partial charge is 0.494 e. The van der Waals surface area contributed by atoms with Crippen LogP contribution in [0.15, 0.2) is 72.8 Å². The van der Waals surface area contributed by atoms with Gasteiger partial charge in [0.1, 0.15) is 17.2 Å². The van der Waals surface area contributed by atoms with E-state index in [9.17, 15) is 9.59 Å². The van der Waals surface area contributed by atoms with Crippen LogP contribution in [0.1, 0.15) is 114 Å². The number of carbonyl (C=O) groups is 2. The van der Waals surface area contributed by atoms with E-state index in [4.69, 9.17) is 18.9 Å². The normalized spacial score (nSPS) is 15.4. The van der Waals surface area contributed by atoms with Crippen molar-refractivity contribution in [3.63, 3.8) is 0 Å². The van der Waals surface area contributed by atoms with E-state index in [0.717, 1.165) is 42.7 Å². The number of hydrogen-bond acceptors (Lipinski definition) is 6. The molecule has 0 aliphatic carbocycles. The summed E-state index contributed by atoms with van der Waals surface area (Å²) in [6, 6.07) is 21.9. The van der Waals surface area contributed by atoms with Gasteiger partial charge in [-0.05, 0) is 72.5 Å². The lowest BCUT2D eigenvalue weighted by atomic mass is 10.0. The topological polar surface area (TPSA) is 74.4 Å². The summed E-state index contributed by atoms with van der Waals surface area (Å²) in [5.74, 6) is 0.817. The van der Waals surface area contributed by atoms with Gasteiger partial charge in [0.2, 0.25) is 0 Å². The molecule has 6 heteroatoms. The van der Waals surface area contributed by atoms with Crippen molar-refractivity contribution in [3.05, 3.63) is 78.4 Å². The second-order valence-electron chi connectivity index (χ2n) is 12.0. The van der Waals surface area contributed by atoms with Crippen molar-refractivity contribution in [1.29, 1.82) is 0 Å². The molecule has 3 aromatic rings. The van der Waals surface area contributed by atoms with E-state index in [2.05, 4.69) is 13.8 Å². The fourth-order valence-corrected chi connectivity index (χ4v) is 5.40. The lowest BCUT2D eigenvalue weighted by Crippen LogP contribution is -2.17. The maximum Gasteiger partial charge on any atom is 0.343 e. The third-order valence-electron chi connectivity index (χ3n) is 8.23. The monoisotopic (exact) mass is 614 g/mol. The summed E-state index contributed by atoms with van der Waals surface area (Å²) in [4.78, 5) is 25.2. The molecule has 0 bridgehead atoms. The Bertz CT molecular complexity index is 1280. The molecule has 0 spiro atoms. The van der Waals surface area contributed by atoms with Gasteiger partial charge in [-0.3, -0.25) is 0 Å². The SMILES string of the molecule is CCCCCCCCC[C@@H]1O[C@H]1C(=O)Oc1ccc(OC(=O)c2ccc(-c3ccc(OCCCCCCCC)cc3)cc2)cc1. The molecule has 6 nitrogen and oxygen atoms in total. The number of carbonyl (C=O) groups excluding carboxylic acids is 2. The zero-order chi connectivity index (χ0) is 31.7. The molecule has 0 amide bonds.